The molecule has 0 aliphatic heterocycles. The molecule has 17 heavy (non-hydrogen) atoms. The first-order valence-corrected chi connectivity index (χ1v) is 5.83. The first-order valence-electron chi connectivity index (χ1n) is 5.04. The molecule has 0 saturated carbocycles. The molecule has 4 heteroatoms. The molecule has 0 atom stereocenters. The van der Waals surface area contributed by atoms with Crippen LogP contribution < -0.4 is 0 Å². The number of aromatic carboxylic acids is 1. The number of hydrogen-bond donors (Lipinski definition) is 1. The lowest BCUT2D eigenvalue weighted by molar-refractivity contribution is 0.0696. The molecule has 0 spiro atoms. The first-order chi connectivity index (χ1) is 8.08. The average Bonchev–Trinajstić information content (AvgIpc) is 2.28. The summed E-state index contributed by atoms with van der Waals surface area (Å²) in [6, 6.07) is 9.47. The highest BCUT2D eigenvalue weighted by Crippen LogP contribution is 2.27. The molecule has 0 fully saturated rings. The monoisotopic (exact) mass is 291 g/mol. The molecule has 0 aliphatic rings. The summed E-state index contributed by atoms with van der Waals surface area (Å²) in [7, 11) is 0. The smallest absolute Gasteiger partial charge is 0.337 e. The van der Waals surface area contributed by atoms with Gasteiger partial charge in [0.1, 0.15) is 0 Å². The number of aryl methyl sites for hydroxylation is 1. The van der Waals surface area contributed by atoms with E-state index in [4.69, 9.17) is 5.11 Å². The molecule has 86 valence electrons. The number of carboxylic acids is 1. The van der Waals surface area contributed by atoms with Crippen molar-refractivity contribution in [3.63, 3.8) is 0 Å². The van der Waals surface area contributed by atoms with E-state index in [1.807, 2.05) is 31.2 Å². The zero-order valence-corrected chi connectivity index (χ0v) is 10.7. The van der Waals surface area contributed by atoms with Gasteiger partial charge in [0.2, 0.25) is 0 Å². The number of pyridine rings is 1. The Morgan fingerprint density at radius 1 is 1.35 bits per heavy atom. The van der Waals surface area contributed by atoms with E-state index in [9.17, 15) is 4.79 Å². The third-order valence-corrected chi connectivity index (χ3v) is 2.98. The molecule has 2 aromatic rings. The Kier molecular flexibility index (Phi) is 3.24. The molecule has 1 aromatic heterocycles. The second kappa shape index (κ2) is 4.67. The third kappa shape index (κ3) is 2.53. The molecule has 0 saturated heterocycles. The van der Waals surface area contributed by atoms with E-state index in [-0.39, 0.29) is 5.56 Å². The van der Waals surface area contributed by atoms with Crippen molar-refractivity contribution in [3.05, 3.63) is 52.1 Å². The van der Waals surface area contributed by atoms with Crippen molar-refractivity contribution in [1.29, 1.82) is 0 Å². The van der Waals surface area contributed by atoms with Gasteiger partial charge in [0.25, 0.3) is 0 Å². The lowest BCUT2D eigenvalue weighted by atomic mass is 10.1. The Balaban J connectivity index is 2.50. The SMILES string of the molecule is Cc1cccc(-c2ncc(C(=O)O)cc2Br)c1. The zero-order valence-electron chi connectivity index (χ0n) is 9.14. The summed E-state index contributed by atoms with van der Waals surface area (Å²) in [5, 5.41) is 8.85. The molecular weight excluding hydrogens is 282 g/mol. The van der Waals surface area contributed by atoms with Gasteiger partial charge in [0, 0.05) is 16.2 Å². The highest BCUT2D eigenvalue weighted by molar-refractivity contribution is 9.10. The largest absolute Gasteiger partial charge is 0.478 e. The van der Waals surface area contributed by atoms with Crippen LogP contribution in [0.15, 0.2) is 41.0 Å². The summed E-state index contributed by atoms with van der Waals surface area (Å²) in [4.78, 5) is 15.0. The molecular formula is C13H10BrNO2. The van der Waals surface area contributed by atoms with Gasteiger partial charge in [0.15, 0.2) is 0 Å². The summed E-state index contributed by atoms with van der Waals surface area (Å²) in [5.74, 6) is -0.978. The number of halogens is 1. The van der Waals surface area contributed by atoms with Crippen LogP contribution in [0.3, 0.4) is 0 Å². The molecule has 2 rings (SSSR count). The van der Waals surface area contributed by atoms with Crippen LogP contribution in [0.1, 0.15) is 15.9 Å². The number of rotatable bonds is 2. The predicted octanol–water partition coefficient (Wildman–Crippen LogP) is 3.52. The molecule has 0 radical (unpaired) electrons. The van der Waals surface area contributed by atoms with Crippen LogP contribution in [0.5, 0.6) is 0 Å². The molecule has 3 nitrogen and oxygen atoms in total. The van der Waals surface area contributed by atoms with E-state index in [2.05, 4.69) is 20.9 Å². The van der Waals surface area contributed by atoms with Crippen LogP contribution in [0, 0.1) is 6.92 Å². The summed E-state index contributed by atoms with van der Waals surface area (Å²) >= 11 is 3.35. The predicted molar refractivity (Wildman–Crippen MR) is 69.1 cm³/mol. The fraction of sp³-hybridized carbons (Fsp3) is 0.0769. The van der Waals surface area contributed by atoms with E-state index in [1.54, 1.807) is 6.07 Å². The topological polar surface area (TPSA) is 50.2 Å². The Morgan fingerprint density at radius 3 is 2.71 bits per heavy atom. The second-order valence-electron chi connectivity index (χ2n) is 3.73. The van der Waals surface area contributed by atoms with Crippen molar-refractivity contribution in [3.8, 4) is 11.3 Å². The van der Waals surface area contributed by atoms with Gasteiger partial charge in [-0.1, -0.05) is 23.8 Å². The minimum Gasteiger partial charge on any atom is -0.478 e. The van der Waals surface area contributed by atoms with E-state index in [0.717, 1.165) is 16.8 Å². The fourth-order valence-electron chi connectivity index (χ4n) is 1.56. The van der Waals surface area contributed by atoms with Crippen LogP contribution in [0.4, 0.5) is 0 Å². The molecule has 0 amide bonds. The number of benzene rings is 1. The van der Waals surface area contributed by atoms with Crippen LogP contribution in [-0.4, -0.2) is 16.1 Å². The van der Waals surface area contributed by atoms with Gasteiger partial charge < -0.3 is 5.11 Å². The zero-order chi connectivity index (χ0) is 12.4. The molecule has 1 aromatic carbocycles. The maximum atomic E-state index is 10.8. The molecule has 1 heterocycles. The molecule has 0 unspecified atom stereocenters. The van der Waals surface area contributed by atoms with Gasteiger partial charge in [-0.25, -0.2) is 4.79 Å². The maximum absolute atomic E-state index is 10.8. The fourth-order valence-corrected chi connectivity index (χ4v) is 2.14. The Bertz CT molecular complexity index is 581. The van der Waals surface area contributed by atoms with Crippen molar-refractivity contribution >= 4 is 21.9 Å². The van der Waals surface area contributed by atoms with Crippen molar-refractivity contribution in [1.82, 2.24) is 4.98 Å². The second-order valence-corrected chi connectivity index (χ2v) is 4.58. The highest BCUT2D eigenvalue weighted by atomic mass is 79.9. The Morgan fingerprint density at radius 2 is 2.12 bits per heavy atom. The van der Waals surface area contributed by atoms with E-state index in [0.29, 0.717) is 4.47 Å². The van der Waals surface area contributed by atoms with E-state index < -0.39 is 5.97 Å². The van der Waals surface area contributed by atoms with E-state index in [1.165, 1.54) is 6.20 Å². The van der Waals surface area contributed by atoms with Crippen LogP contribution in [0.2, 0.25) is 0 Å². The average molecular weight is 292 g/mol. The number of carbonyl (C=O) groups is 1. The number of carboxylic acid groups (broad SMARTS) is 1. The third-order valence-electron chi connectivity index (χ3n) is 2.38. The summed E-state index contributed by atoms with van der Waals surface area (Å²) < 4.78 is 0.683. The lowest BCUT2D eigenvalue weighted by Gasteiger charge is -2.05. The van der Waals surface area contributed by atoms with Crippen LogP contribution in [0.25, 0.3) is 11.3 Å². The lowest BCUT2D eigenvalue weighted by Crippen LogP contribution is -1.98. The summed E-state index contributed by atoms with van der Waals surface area (Å²) in [6.45, 7) is 2.00. The van der Waals surface area contributed by atoms with Gasteiger partial charge in [-0.3, -0.25) is 4.98 Å². The van der Waals surface area contributed by atoms with Gasteiger partial charge in [0.05, 0.1) is 11.3 Å². The van der Waals surface area contributed by atoms with Crippen molar-refractivity contribution in [2.45, 2.75) is 6.92 Å². The van der Waals surface area contributed by atoms with Gasteiger partial charge >= 0.3 is 5.97 Å². The van der Waals surface area contributed by atoms with E-state index >= 15 is 0 Å². The van der Waals surface area contributed by atoms with Crippen molar-refractivity contribution in [2.24, 2.45) is 0 Å². The van der Waals surface area contributed by atoms with Crippen molar-refractivity contribution in [2.75, 3.05) is 0 Å². The van der Waals surface area contributed by atoms with Gasteiger partial charge in [-0.2, -0.15) is 0 Å². The molecule has 0 aliphatic carbocycles. The molecule has 0 bridgehead atoms. The van der Waals surface area contributed by atoms with Gasteiger partial charge in [-0.05, 0) is 35.0 Å². The van der Waals surface area contributed by atoms with Crippen molar-refractivity contribution < 1.29 is 9.90 Å². The van der Waals surface area contributed by atoms with Crippen LogP contribution >= 0.6 is 15.9 Å². The van der Waals surface area contributed by atoms with Gasteiger partial charge in [-0.15, -0.1) is 0 Å². The molecule has 1 N–H and O–H groups in total. The summed E-state index contributed by atoms with van der Waals surface area (Å²) in [5.41, 5.74) is 3.03. The number of nitrogens with zero attached hydrogens (tertiary/aromatic N) is 1. The number of aromatic nitrogens is 1. The Hall–Kier alpha value is -1.68. The highest BCUT2D eigenvalue weighted by Gasteiger charge is 2.09. The standard InChI is InChI=1S/C13H10BrNO2/c1-8-3-2-4-9(5-8)12-11(14)6-10(7-15-12)13(16)17/h2-7H,1H3,(H,16,17). The van der Waals surface area contributed by atoms with Crippen LogP contribution in [-0.2, 0) is 0 Å². The number of hydrogen-bond acceptors (Lipinski definition) is 2. The normalized spacial score (nSPS) is 10.2. The first kappa shape index (κ1) is 11.8. The maximum Gasteiger partial charge on any atom is 0.337 e. The Labute approximate surface area is 107 Å². The summed E-state index contributed by atoms with van der Waals surface area (Å²) in [6.07, 6.45) is 1.37. The minimum atomic E-state index is -0.978. The quantitative estimate of drug-likeness (QED) is 0.921. The minimum absolute atomic E-state index is 0.174.